The highest BCUT2D eigenvalue weighted by atomic mass is 32.1. The molecule has 1 aromatic rings. The number of ether oxygens (including phenoxy) is 2. The molecule has 1 heterocycles. The Morgan fingerprint density at radius 1 is 1.18 bits per heavy atom. The Morgan fingerprint density at radius 3 is 2.47 bits per heavy atom. The minimum atomic E-state index is 0.808. The van der Waals surface area contributed by atoms with Crippen molar-refractivity contribution in [2.45, 2.75) is 12.8 Å². The molecule has 1 saturated heterocycles. The van der Waals surface area contributed by atoms with E-state index in [4.69, 9.17) is 21.7 Å². The number of benzene rings is 1. The van der Waals surface area contributed by atoms with Gasteiger partial charge < -0.3 is 14.4 Å². The van der Waals surface area contributed by atoms with E-state index in [0.717, 1.165) is 35.1 Å². The molecule has 0 bridgehead atoms. The summed E-state index contributed by atoms with van der Waals surface area (Å²) in [5.41, 5.74) is 0.948. The molecule has 0 atom stereocenters. The zero-order valence-electron chi connectivity index (χ0n) is 10.2. The minimum absolute atomic E-state index is 0.808. The highest BCUT2D eigenvalue weighted by Gasteiger charge is 2.19. The van der Waals surface area contributed by atoms with Crippen LogP contribution in [0.1, 0.15) is 18.4 Å². The molecule has 1 aliphatic heterocycles. The van der Waals surface area contributed by atoms with Crippen molar-refractivity contribution in [3.63, 3.8) is 0 Å². The predicted octanol–water partition coefficient (Wildman–Crippen LogP) is 2.48. The van der Waals surface area contributed by atoms with Crippen LogP contribution in [0.3, 0.4) is 0 Å². The van der Waals surface area contributed by atoms with E-state index >= 15 is 0 Å². The van der Waals surface area contributed by atoms with Crippen LogP contribution < -0.4 is 9.47 Å². The maximum Gasteiger partial charge on any atom is 0.129 e. The van der Waals surface area contributed by atoms with Gasteiger partial charge in [-0.2, -0.15) is 0 Å². The van der Waals surface area contributed by atoms with E-state index in [9.17, 15) is 0 Å². The van der Waals surface area contributed by atoms with Gasteiger partial charge in [0.15, 0.2) is 0 Å². The largest absolute Gasteiger partial charge is 0.497 e. The third-order valence-electron chi connectivity index (χ3n) is 3.03. The van der Waals surface area contributed by atoms with Gasteiger partial charge >= 0.3 is 0 Å². The number of rotatable bonds is 3. The van der Waals surface area contributed by atoms with Crippen molar-refractivity contribution in [3.8, 4) is 11.5 Å². The molecule has 0 aliphatic carbocycles. The Hall–Kier alpha value is -1.29. The van der Waals surface area contributed by atoms with Gasteiger partial charge in [0.2, 0.25) is 0 Å². The van der Waals surface area contributed by atoms with Crippen LogP contribution >= 0.6 is 12.2 Å². The zero-order valence-corrected chi connectivity index (χ0v) is 11.0. The fourth-order valence-electron chi connectivity index (χ4n) is 2.07. The Bertz CT molecular complexity index is 414. The summed E-state index contributed by atoms with van der Waals surface area (Å²) in [5, 5.41) is 0. The van der Waals surface area contributed by atoms with Gasteiger partial charge in [0.1, 0.15) is 16.5 Å². The van der Waals surface area contributed by atoms with Crippen molar-refractivity contribution in [2.24, 2.45) is 0 Å². The van der Waals surface area contributed by atoms with E-state index in [1.165, 1.54) is 12.8 Å². The van der Waals surface area contributed by atoms with Gasteiger partial charge in [-0.15, -0.1) is 0 Å². The lowest BCUT2D eigenvalue weighted by Crippen LogP contribution is -2.27. The van der Waals surface area contributed by atoms with Gasteiger partial charge in [-0.25, -0.2) is 0 Å². The minimum Gasteiger partial charge on any atom is -0.497 e. The highest BCUT2D eigenvalue weighted by molar-refractivity contribution is 7.80. The van der Waals surface area contributed by atoms with Crippen LogP contribution in [0.2, 0.25) is 0 Å². The predicted molar refractivity (Wildman–Crippen MR) is 72.1 cm³/mol. The lowest BCUT2D eigenvalue weighted by atomic mass is 10.1. The third kappa shape index (κ3) is 2.52. The Morgan fingerprint density at radius 2 is 1.88 bits per heavy atom. The van der Waals surface area contributed by atoms with Crippen LogP contribution in [-0.2, 0) is 0 Å². The molecule has 3 nitrogen and oxygen atoms in total. The topological polar surface area (TPSA) is 21.7 Å². The van der Waals surface area contributed by atoms with Gasteiger partial charge in [-0.3, -0.25) is 0 Å². The second-order valence-electron chi connectivity index (χ2n) is 4.07. The SMILES string of the molecule is COc1ccc(OC)c(C(=S)N2CCCC2)c1. The molecule has 0 saturated carbocycles. The molecular formula is C13H17NO2S. The Kier molecular flexibility index (Phi) is 3.84. The summed E-state index contributed by atoms with van der Waals surface area (Å²) in [7, 11) is 3.32. The van der Waals surface area contributed by atoms with Gasteiger partial charge in [0.05, 0.1) is 19.8 Å². The number of methoxy groups -OCH3 is 2. The van der Waals surface area contributed by atoms with E-state index in [1.54, 1.807) is 14.2 Å². The first-order valence-electron chi connectivity index (χ1n) is 5.77. The van der Waals surface area contributed by atoms with Crippen molar-refractivity contribution in [2.75, 3.05) is 27.3 Å². The van der Waals surface area contributed by atoms with Crippen LogP contribution in [0, 0.1) is 0 Å². The molecule has 0 aromatic heterocycles. The van der Waals surface area contributed by atoms with Crippen molar-refractivity contribution in [1.29, 1.82) is 0 Å². The van der Waals surface area contributed by atoms with Gasteiger partial charge in [0, 0.05) is 13.1 Å². The molecule has 17 heavy (non-hydrogen) atoms. The fraction of sp³-hybridized carbons (Fsp3) is 0.462. The molecule has 1 fully saturated rings. The monoisotopic (exact) mass is 251 g/mol. The summed E-state index contributed by atoms with van der Waals surface area (Å²) < 4.78 is 10.6. The van der Waals surface area contributed by atoms with Gasteiger partial charge in [-0.1, -0.05) is 12.2 Å². The summed E-state index contributed by atoms with van der Waals surface area (Å²) in [5.74, 6) is 1.62. The second-order valence-corrected chi connectivity index (χ2v) is 4.45. The number of thiocarbonyl (C=S) groups is 1. The van der Waals surface area contributed by atoms with E-state index in [1.807, 2.05) is 18.2 Å². The number of nitrogens with zero attached hydrogens (tertiary/aromatic N) is 1. The molecule has 0 N–H and O–H groups in total. The molecule has 4 heteroatoms. The molecule has 0 amide bonds. The summed E-state index contributed by atoms with van der Waals surface area (Å²) >= 11 is 5.53. The highest BCUT2D eigenvalue weighted by Crippen LogP contribution is 2.27. The Labute approximate surface area is 107 Å². The second kappa shape index (κ2) is 5.36. The quantitative estimate of drug-likeness (QED) is 0.769. The molecule has 0 radical (unpaired) electrons. The van der Waals surface area contributed by atoms with Crippen LogP contribution in [0.5, 0.6) is 11.5 Å². The molecule has 0 unspecified atom stereocenters. The molecule has 0 spiro atoms. The lowest BCUT2D eigenvalue weighted by molar-refractivity contribution is 0.401. The van der Waals surface area contributed by atoms with Crippen molar-refractivity contribution >= 4 is 17.2 Å². The first kappa shape index (κ1) is 12.2. The van der Waals surface area contributed by atoms with Gasteiger partial charge in [-0.05, 0) is 31.0 Å². The van der Waals surface area contributed by atoms with Crippen LogP contribution in [0.15, 0.2) is 18.2 Å². The average molecular weight is 251 g/mol. The van der Waals surface area contributed by atoms with Gasteiger partial charge in [0.25, 0.3) is 0 Å². The zero-order chi connectivity index (χ0) is 12.3. The maximum atomic E-state index is 5.53. The summed E-state index contributed by atoms with van der Waals surface area (Å²) in [4.78, 5) is 3.09. The molecule has 1 aliphatic rings. The Balaban J connectivity index is 2.30. The maximum absolute atomic E-state index is 5.53. The number of likely N-dealkylation sites (tertiary alicyclic amines) is 1. The third-order valence-corrected chi connectivity index (χ3v) is 3.51. The molecular weight excluding hydrogens is 234 g/mol. The lowest BCUT2D eigenvalue weighted by Gasteiger charge is -2.20. The molecule has 1 aromatic carbocycles. The summed E-state index contributed by atoms with van der Waals surface area (Å²) in [6, 6.07) is 5.73. The average Bonchev–Trinajstić information content (AvgIpc) is 2.91. The normalized spacial score (nSPS) is 14.8. The van der Waals surface area contributed by atoms with Crippen LogP contribution in [0.25, 0.3) is 0 Å². The van der Waals surface area contributed by atoms with Crippen molar-refractivity contribution in [1.82, 2.24) is 4.90 Å². The van der Waals surface area contributed by atoms with E-state index in [0.29, 0.717) is 0 Å². The van der Waals surface area contributed by atoms with Crippen molar-refractivity contribution < 1.29 is 9.47 Å². The molecule has 92 valence electrons. The van der Waals surface area contributed by atoms with Crippen molar-refractivity contribution in [3.05, 3.63) is 23.8 Å². The number of hydrogen-bond acceptors (Lipinski definition) is 3. The fourth-order valence-corrected chi connectivity index (χ4v) is 2.41. The number of hydrogen-bond donors (Lipinski definition) is 0. The smallest absolute Gasteiger partial charge is 0.129 e. The standard InChI is InChI=1S/C13H17NO2S/c1-15-10-5-6-12(16-2)11(9-10)13(17)14-7-3-4-8-14/h5-6,9H,3-4,7-8H2,1-2H3. The van der Waals surface area contributed by atoms with E-state index in [2.05, 4.69) is 4.90 Å². The first-order valence-corrected chi connectivity index (χ1v) is 6.18. The van der Waals surface area contributed by atoms with Crippen LogP contribution in [-0.4, -0.2) is 37.2 Å². The summed E-state index contributed by atoms with van der Waals surface area (Å²) in [6.07, 6.45) is 2.43. The summed E-state index contributed by atoms with van der Waals surface area (Å²) in [6.45, 7) is 2.08. The molecule has 2 rings (SSSR count). The van der Waals surface area contributed by atoms with E-state index in [-0.39, 0.29) is 0 Å². The van der Waals surface area contributed by atoms with E-state index < -0.39 is 0 Å². The first-order chi connectivity index (χ1) is 8.26. The van der Waals surface area contributed by atoms with Crippen LogP contribution in [0.4, 0.5) is 0 Å².